The van der Waals surface area contributed by atoms with Crippen LogP contribution in [0.15, 0.2) is 0 Å². The number of carboxylic acids is 2. The number of carbonyl (C=O) groups is 2. The Morgan fingerprint density at radius 2 is 0.815 bits per heavy atom. The Labute approximate surface area is 167 Å². The van der Waals surface area contributed by atoms with Crippen molar-refractivity contribution in [3.05, 3.63) is 0 Å². The molecular weight excluding hydrogens is 342 g/mol. The van der Waals surface area contributed by atoms with Crippen molar-refractivity contribution in [3.63, 3.8) is 0 Å². The van der Waals surface area contributed by atoms with Crippen LogP contribution in [0.25, 0.3) is 0 Å². The Balaban J connectivity index is 0. The zero-order valence-corrected chi connectivity index (χ0v) is 18.4. The van der Waals surface area contributed by atoms with Crippen LogP contribution in [-0.4, -0.2) is 42.6 Å². The van der Waals surface area contributed by atoms with Gasteiger partial charge >= 0.3 is 0 Å². The molecule has 27 heavy (non-hydrogen) atoms. The first-order chi connectivity index (χ1) is 12.9. The second-order valence-electron chi connectivity index (χ2n) is 7.60. The van der Waals surface area contributed by atoms with Crippen molar-refractivity contribution in [1.29, 1.82) is 0 Å². The van der Waals surface area contributed by atoms with Gasteiger partial charge in [-0.05, 0) is 51.4 Å². The molecule has 0 N–H and O–H groups in total. The molecule has 0 aliphatic heterocycles. The molecule has 0 amide bonds. The summed E-state index contributed by atoms with van der Waals surface area (Å²) in [4.78, 5) is 19.5. The molecule has 5 nitrogen and oxygen atoms in total. The van der Waals surface area contributed by atoms with E-state index in [4.69, 9.17) is 0 Å². The molecule has 0 fully saturated rings. The summed E-state index contributed by atoms with van der Waals surface area (Å²) in [7, 11) is 0. The lowest BCUT2D eigenvalue weighted by molar-refractivity contribution is -0.929. The lowest BCUT2D eigenvalue weighted by Gasteiger charge is -2.39. The average molecular weight is 387 g/mol. The molecule has 0 aliphatic carbocycles. The predicted molar refractivity (Wildman–Crippen MR) is 108 cm³/mol. The van der Waals surface area contributed by atoms with E-state index in [1.165, 1.54) is 82.0 Å². The predicted octanol–water partition coefficient (Wildman–Crippen LogP) is 3.05. The van der Waals surface area contributed by atoms with Crippen molar-refractivity contribution in [2.75, 3.05) is 26.2 Å². The van der Waals surface area contributed by atoms with Crippen LogP contribution in [0, 0.1) is 0 Å². The SMILES string of the molecule is CCCC[N+](CCCC)(CCCC)CCCC.O=C([O-])CCCCC(=O)[O-]. The second kappa shape index (κ2) is 19.7. The van der Waals surface area contributed by atoms with Crippen LogP contribution in [0.5, 0.6) is 0 Å². The van der Waals surface area contributed by atoms with E-state index in [-0.39, 0.29) is 12.8 Å². The Morgan fingerprint density at radius 1 is 0.556 bits per heavy atom. The largest absolute Gasteiger partial charge is 0.550 e. The Bertz CT molecular complexity index is 305. The van der Waals surface area contributed by atoms with Crippen LogP contribution in [0.1, 0.15) is 105 Å². The van der Waals surface area contributed by atoms with Crippen LogP contribution in [-0.2, 0) is 9.59 Å². The number of aliphatic carboxylic acids is 2. The van der Waals surface area contributed by atoms with Gasteiger partial charge in [-0.1, -0.05) is 53.4 Å². The fraction of sp³-hybridized carbons (Fsp3) is 0.909. The maximum Gasteiger partial charge on any atom is 0.0786 e. The minimum atomic E-state index is -1.14. The summed E-state index contributed by atoms with van der Waals surface area (Å²) in [5.41, 5.74) is 0. The summed E-state index contributed by atoms with van der Waals surface area (Å²) in [6, 6.07) is 0. The van der Waals surface area contributed by atoms with E-state index < -0.39 is 11.9 Å². The van der Waals surface area contributed by atoms with Crippen LogP contribution in [0.3, 0.4) is 0 Å². The van der Waals surface area contributed by atoms with Crippen molar-refractivity contribution in [2.24, 2.45) is 0 Å². The first kappa shape index (κ1) is 28.1. The van der Waals surface area contributed by atoms with E-state index in [2.05, 4.69) is 27.7 Å². The normalized spacial score (nSPS) is 11.0. The smallest absolute Gasteiger partial charge is 0.0786 e. The highest BCUT2D eigenvalue weighted by Crippen LogP contribution is 2.16. The van der Waals surface area contributed by atoms with Crippen LogP contribution in [0.4, 0.5) is 0 Å². The van der Waals surface area contributed by atoms with Gasteiger partial charge in [0.1, 0.15) is 0 Å². The highest BCUT2D eigenvalue weighted by molar-refractivity contribution is 5.65. The van der Waals surface area contributed by atoms with Gasteiger partial charge in [0, 0.05) is 11.9 Å². The van der Waals surface area contributed by atoms with Crippen LogP contribution in [0.2, 0.25) is 0 Å². The maximum absolute atomic E-state index is 9.77. The van der Waals surface area contributed by atoms with Gasteiger partial charge in [-0.25, -0.2) is 0 Å². The second-order valence-corrected chi connectivity index (χ2v) is 7.60. The molecule has 0 aromatic carbocycles. The van der Waals surface area contributed by atoms with E-state index in [0.717, 1.165) is 0 Å². The molecule has 0 aromatic heterocycles. The van der Waals surface area contributed by atoms with E-state index in [1.54, 1.807) is 0 Å². The number of hydrogen-bond donors (Lipinski definition) is 0. The number of carboxylic acid groups (broad SMARTS) is 2. The van der Waals surface area contributed by atoms with Gasteiger partial charge in [0.25, 0.3) is 0 Å². The van der Waals surface area contributed by atoms with Gasteiger partial charge in [0.05, 0.1) is 26.2 Å². The maximum atomic E-state index is 9.77. The zero-order valence-electron chi connectivity index (χ0n) is 18.4. The summed E-state index contributed by atoms with van der Waals surface area (Å²) in [6.07, 6.45) is 11.6. The zero-order chi connectivity index (χ0) is 21.0. The molecule has 0 radical (unpaired) electrons. The highest BCUT2D eigenvalue weighted by atomic mass is 16.4. The van der Waals surface area contributed by atoms with Gasteiger partial charge in [-0.15, -0.1) is 0 Å². The number of quaternary nitrogens is 1. The summed E-state index contributed by atoms with van der Waals surface area (Å²) >= 11 is 0. The molecule has 0 atom stereocenters. The minimum Gasteiger partial charge on any atom is -0.550 e. The third kappa shape index (κ3) is 19.5. The quantitative estimate of drug-likeness (QED) is 0.284. The van der Waals surface area contributed by atoms with Crippen molar-refractivity contribution >= 4 is 11.9 Å². The van der Waals surface area contributed by atoms with Crippen LogP contribution < -0.4 is 10.2 Å². The Morgan fingerprint density at radius 3 is 1.00 bits per heavy atom. The van der Waals surface area contributed by atoms with Gasteiger partial charge < -0.3 is 24.3 Å². The molecule has 0 aliphatic rings. The molecule has 0 aromatic rings. The molecule has 0 saturated heterocycles. The number of carbonyl (C=O) groups excluding carboxylic acids is 2. The van der Waals surface area contributed by atoms with Gasteiger partial charge in [0.2, 0.25) is 0 Å². The van der Waals surface area contributed by atoms with E-state index in [0.29, 0.717) is 12.8 Å². The highest BCUT2D eigenvalue weighted by Gasteiger charge is 2.24. The van der Waals surface area contributed by atoms with Gasteiger partial charge in [0.15, 0.2) is 0 Å². The van der Waals surface area contributed by atoms with Crippen LogP contribution >= 0.6 is 0 Å². The summed E-state index contributed by atoms with van der Waals surface area (Å²) < 4.78 is 1.42. The monoisotopic (exact) mass is 386 g/mol. The molecule has 0 bridgehead atoms. The summed E-state index contributed by atoms with van der Waals surface area (Å²) in [6.45, 7) is 15.0. The third-order valence-corrected chi connectivity index (χ3v) is 4.96. The minimum absolute atomic E-state index is 0.0761. The molecule has 0 unspecified atom stereocenters. The Hall–Kier alpha value is -1.10. The standard InChI is InChI=1S/C16H36N.C6H10O4/c1-5-9-13-17(14-10-6-2,15-11-7-3)16-12-8-4;7-5(8)3-1-2-4-6(9)10/h5-16H2,1-4H3;1-4H2,(H,7,8)(H,9,10)/q+1;/p-2. The van der Waals surface area contributed by atoms with Crippen molar-refractivity contribution in [2.45, 2.75) is 105 Å². The fourth-order valence-electron chi connectivity index (χ4n) is 3.18. The molecule has 0 spiro atoms. The molecular formula is C22H44NO4-. The molecule has 0 saturated carbocycles. The van der Waals surface area contributed by atoms with E-state index in [9.17, 15) is 19.8 Å². The van der Waals surface area contributed by atoms with E-state index in [1.807, 2.05) is 0 Å². The molecule has 162 valence electrons. The van der Waals surface area contributed by atoms with Gasteiger partial charge in [-0.3, -0.25) is 0 Å². The van der Waals surface area contributed by atoms with E-state index >= 15 is 0 Å². The lowest BCUT2D eigenvalue weighted by atomic mass is 10.1. The van der Waals surface area contributed by atoms with Crippen molar-refractivity contribution in [1.82, 2.24) is 0 Å². The van der Waals surface area contributed by atoms with Crippen molar-refractivity contribution in [3.8, 4) is 0 Å². The van der Waals surface area contributed by atoms with Crippen molar-refractivity contribution < 1.29 is 24.3 Å². The number of nitrogens with zero attached hydrogens (tertiary/aromatic N) is 1. The molecule has 0 heterocycles. The molecule has 5 heteroatoms. The summed E-state index contributed by atoms with van der Waals surface area (Å²) in [5, 5.41) is 19.5. The third-order valence-electron chi connectivity index (χ3n) is 4.96. The lowest BCUT2D eigenvalue weighted by Crippen LogP contribution is -2.50. The number of rotatable bonds is 17. The van der Waals surface area contributed by atoms with Gasteiger partial charge in [-0.2, -0.15) is 0 Å². The number of unbranched alkanes of at least 4 members (excludes halogenated alkanes) is 5. The first-order valence-corrected chi connectivity index (χ1v) is 11.1. The first-order valence-electron chi connectivity index (χ1n) is 11.1. The average Bonchev–Trinajstić information content (AvgIpc) is 2.64. The molecule has 0 rings (SSSR count). The Kier molecular flexibility index (Phi) is 20.5. The topological polar surface area (TPSA) is 80.3 Å². The fourth-order valence-corrected chi connectivity index (χ4v) is 3.18. The summed E-state index contributed by atoms with van der Waals surface area (Å²) in [5.74, 6) is -2.28. The number of hydrogen-bond acceptors (Lipinski definition) is 4.